The molecule has 0 aliphatic heterocycles. The third-order valence-corrected chi connectivity index (χ3v) is 3.10. The Morgan fingerprint density at radius 3 is 2.64 bits per heavy atom. The normalized spacial score (nSPS) is 15.6. The van der Waals surface area contributed by atoms with Crippen LogP contribution in [0.2, 0.25) is 0 Å². The quantitative estimate of drug-likeness (QED) is 0.904. The molecule has 1 unspecified atom stereocenters. The number of nitrogens with two attached hydrogens (primary N) is 1. The average molecular weight is 257 g/mol. The molecule has 0 aliphatic rings. The van der Waals surface area contributed by atoms with Crippen molar-refractivity contribution in [1.82, 2.24) is 4.98 Å². The first-order chi connectivity index (χ1) is 6.42. The van der Waals surface area contributed by atoms with Crippen LogP contribution < -0.4 is 5.73 Å². The molecule has 0 saturated heterocycles. The Morgan fingerprint density at radius 1 is 1.50 bits per heavy atom. The van der Waals surface area contributed by atoms with Crippen molar-refractivity contribution in [2.45, 2.75) is 32.7 Å². The number of hydrogen-bond acceptors (Lipinski definition) is 2. The van der Waals surface area contributed by atoms with Gasteiger partial charge in [0.25, 0.3) is 0 Å². The maximum Gasteiger partial charge on any atom is 0.0410 e. The summed E-state index contributed by atoms with van der Waals surface area (Å²) >= 11 is 3.40. The summed E-state index contributed by atoms with van der Waals surface area (Å²) in [5, 5.41) is 0. The lowest BCUT2D eigenvalue weighted by atomic mass is 9.84. The molecule has 2 N–H and O–H groups in total. The lowest BCUT2D eigenvalue weighted by Gasteiger charge is -2.29. The largest absolute Gasteiger partial charge is 0.325 e. The Morgan fingerprint density at radius 2 is 2.14 bits per heavy atom. The number of aromatic nitrogens is 1. The van der Waals surface area contributed by atoms with Crippen LogP contribution in [0.1, 0.15) is 26.3 Å². The van der Waals surface area contributed by atoms with Gasteiger partial charge in [-0.1, -0.05) is 13.8 Å². The van der Waals surface area contributed by atoms with Crippen molar-refractivity contribution in [2.24, 2.45) is 11.7 Å². The first-order valence-electron chi connectivity index (χ1n) is 4.80. The molecule has 0 fully saturated rings. The van der Waals surface area contributed by atoms with Crippen LogP contribution in [0.5, 0.6) is 0 Å². The number of nitrogens with zero attached hydrogens (tertiary/aromatic N) is 1. The van der Waals surface area contributed by atoms with Crippen molar-refractivity contribution in [3.8, 4) is 0 Å². The fourth-order valence-corrected chi connectivity index (χ4v) is 1.61. The number of rotatable bonds is 3. The van der Waals surface area contributed by atoms with E-state index >= 15 is 0 Å². The van der Waals surface area contributed by atoms with E-state index < -0.39 is 0 Å². The predicted octanol–water partition coefficient (Wildman–Crippen LogP) is 2.76. The highest BCUT2D eigenvalue weighted by molar-refractivity contribution is 9.10. The Balaban J connectivity index is 2.78. The zero-order chi connectivity index (χ0) is 10.8. The Hall–Kier alpha value is -0.410. The fraction of sp³-hybridized carbons (Fsp3) is 0.545. The van der Waals surface area contributed by atoms with E-state index in [-0.39, 0.29) is 5.54 Å². The van der Waals surface area contributed by atoms with E-state index in [1.807, 2.05) is 6.20 Å². The van der Waals surface area contributed by atoms with Crippen LogP contribution in [0, 0.1) is 5.92 Å². The minimum Gasteiger partial charge on any atom is -0.325 e. The lowest BCUT2D eigenvalue weighted by Crippen LogP contribution is -2.43. The molecule has 1 aromatic heterocycles. The minimum absolute atomic E-state index is 0.164. The molecule has 1 rings (SSSR count). The molecule has 0 amide bonds. The van der Waals surface area contributed by atoms with Gasteiger partial charge in [-0.3, -0.25) is 4.98 Å². The summed E-state index contributed by atoms with van der Waals surface area (Å²) in [5.74, 6) is 0.460. The standard InChI is InChI=1S/C11H17BrN2/c1-8(2)11(3,13)5-9-4-10(12)7-14-6-9/h4,6-8H,5,13H2,1-3H3. The van der Waals surface area contributed by atoms with E-state index in [0.717, 1.165) is 10.9 Å². The zero-order valence-corrected chi connectivity index (χ0v) is 10.5. The first-order valence-corrected chi connectivity index (χ1v) is 5.59. The monoisotopic (exact) mass is 256 g/mol. The van der Waals surface area contributed by atoms with Gasteiger partial charge in [0.1, 0.15) is 0 Å². The maximum absolute atomic E-state index is 6.20. The van der Waals surface area contributed by atoms with Crippen molar-refractivity contribution in [2.75, 3.05) is 0 Å². The van der Waals surface area contributed by atoms with Crippen LogP contribution >= 0.6 is 15.9 Å². The second-order valence-corrected chi connectivity index (χ2v) is 5.26. The predicted molar refractivity (Wildman–Crippen MR) is 63.1 cm³/mol. The van der Waals surface area contributed by atoms with Gasteiger partial charge in [0.2, 0.25) is 0 Å². The van der Waals surface area contributed by atoms with E-state index in [4.69, 9.17) is 5.73 Å². The van der Waals surface area contributed by atoms with E-state index in [2.05, 4.69) is 47.8 Å². The van der Waals surface area contributed by atoms with Crippen LogP contribution in [0.4, 0.5) is 0 Å². The summed E-state index contributed by atoms with van der Waals surface area (Å²) in [6, 6.07) is 2.07. The summed E-state index contributed by atoms with van der Waals surface area (Å²) < 4.78 is 1.01. The fourth-order valence-electron chi connectivity index (χ4n) is 1.20. The van der Waals surface area contributed by atoms with Gasteiger partial charge in [-0.2, -0.15) is 0 Å². The smallest absolute Gasteiger partial charge is 0.0410 e. The number of halogens is 1. The topological polar surface area (TPSA) is 38.9 Å². The minimum atomic E-state index is -0.164. The van der Waals surface area contributed by atoms with Crippen LogP contribution in [0.25, 0.3) is 0 Å². The highest BCUT2D eigenvalue weighted by Crippen LogP contribution is 2.20. The summed E-state index contributed by atoms with van der Waals surface area (Å²) in [4.78, 5) is 4.13. The van der Waals surface area contributed by atoms with Gasteiger partial charge in [0.05, 0.1) is 0 Å². The van der Waals surface area contributed by atoms with Crippen molar-refractivity contribution in [1.29, 1.82) is 0 Å². The summed E-state index contributed by atoms with van der Waals surface area (Å²) in [7, 11) is 0. The Labute approximate surface area is 94.0 Å². The molecule has 2 nitrogen and oxygen atoms in total. The molecule has 0 saturated carbocycles. The van der Waals surface area contributed by atoms with Crippen molar-refractivity contribution in [3.63, 3.8) is 0 Å². The van der Waals surface area contributed by atoms with E-state index in [9.17, 15) is 0 Å². The molecule has 0 aromatic carbocycles. The van der Waals surface area contributed by atoms with Gasteiger partial charge in [-0.15, -0.1) is 0 Å². The molecule has 1 heterocycles. The third kappa shape index (κ3) is 3.07. The molecule has 0 aliphatic carbocycles. The van der Waals surface area contributed by atoms with Gasteiger partial charge in [0.15, 0.2) is 0 Å². The van der Waals surface area contributed by atoms with Crippen LogP contribution in [0.3, 0.4) is 0 Å². The molecule has 0 radical (unpaired) electrons. The summed E-state index contributed by atoms with van der Waals surface area (Å²) in [6.45, 7) is 6.37. The van der Waals surface area contributed by atoms with Gasteiger partial charge in [-0.25, -0.2) is 0 Å². The highest BCUT2D eigenvalue weighted by atomic mass is 79.9. The van der Waals surface area contributed by atoms with Crippen LogP contribution in [0.15, 0.2) is 22.9 Å². The lowest BCUT2D eigenvalue weighted by molar-refractivity contribution is 0.337. The second-order valence-electron chi connectivity index (χ2n) is 4.35. The maximum atomic E-state index is 6.20. The molecule has 0 bridgehead atoms. The molecular weight excluding hydrogens is 240 g/mol. The molecule has 0 spiro atoms. The van der Waals surface area contributed by atoms with E-state index in [0.29, 0.717) is 5.92 Å². The van der Waals surface area contributed by atoms with Gasteiger partial charge < -0.3 is 5.73 Å². The van der Waals surface area contributed by atoms with Crippen molar-refractivity contribution in [3.05, 3.63) is 28.5 Å². The van der Waals surface area contributed by atoms with Crippen LogP contribution in [-0.4, -0.2) is 10.5 Å². The van der Waals surface area contributed by atoms with E-state index in [1.165, 1.54) is 5.56 Å². The third-order valence-electron chi connectivity index (χ3n) is 2.67. The first kappa shape index (κ1) is 11.7. The molecular formula is C11H17BrN2. The zero-order valence-electron chi connectivity index (χ0n) is 8.92. The molecule has 1 atom stereocenters. The average Bonchev–Trinajstić information content (AvgIpc) is 2.02. The number of pyridine rings is 1. The number of hydrogen-bond donors (Lipinski definition) is 1. The summed E-state index contributed by atoms with van der Waals surface area (Å²) in [6.07, 6.45) is 4.52. The van der Waals surface area contributed by atoms with Gasteiger partial charge >= 0.3 is 0 Å². The highest BCUT2D eigenvalue weighted by Gasteiger charge is 2.23. The van der Waals surface area contributed by atoms with Gasteiger partial charge in [0, 0.05) is 22.4 Å². The second kappa shape index (κ2) is 4.41. The summed E-state index contributed by atoms with van der Waals surface area (Å²) in [5.41, 5.74) is 7.21. The molecule has 3 heteroatoms. The molecule has 1 aromatic rings. The SMILES string of the molecule is CC(C)C(C)(N)Cc1cncc(Br)c1. The van der Waals surface area contributed by atoms with E-state index in [1.54, 1.807) is 6.20 Å². The Bertz CT molecular complexity index is 308. The van der Waals surface area contributed by atoms with Crippen molar-refractivity contribution < 1.29 is 0 Å². The van der Waals surface area contributed by atoms with Crippen molar-refractivity contribution >= 4 is 15.9 Å². The van der Waals surface area contributed by atoms with Gasteiger partial charge in [-0.05, 0) is 46.8 Å². The molecule has 14 heavy (non-hydrogen) atoms. The Kier molecular flexibility index (Phi) is 3.67. The van der Waals surface area contributed by atoms with Crippen LogP contribution in [-0.2, 0) is 6.42 Å². The molecule has 78 valence electrons.